The molecule has 0 bridgehead atoms. The highest BCUT2D eigenvalue weighted by Gasteiger charge is 2.28. The summed E-state index contributed by atoms with van der Waals surface area (Å²) in [6, 6.07) is 18.8. The minimum absolute atomic E-state index is 0.00415. The summed E-state index contributed by atoms with van der Waals surface area (Å²) in [6.07, 6.45) is 3.51. The van der Waals surface area contributed by atoms with Gasteiger partial charge >= 0.3 is 0 Å². The van der Waals surface area contributed by atoms with E-state index in [1.807, 2.05) is 62.4 Å². The Labute approximate surface area is 207 Å². The fourth-order valence-electron chi connectivity index (χ4n) is 4.39. The molecule has 4 rings (SSSR count). The van der Waals surface area contributed by atoms with Crippen molar-refractivity contribution >= 4 is 15.7 Å². The lowest BCUT2D eigenvalue weighted by molar-refractivity contribution is -0.136. The molecular weight excluding hydrogens is 462 g/mol. The molecule has 2 heterocycles. The van der Waals surface area contributed by atoms with Gasteiger partial charge in [-0.15, -0.1) is 0 Å². The van der Waals surface area contributed by atoms with Crippen LogP contribution < -0.4 is 0 Å². The van der Waals surface area contributed by atoms with E-state index in [4.69, 9.17) is 4.74 Å². The van der Waals surface area contributed by atoms with Crippen molar-refractivity contribution in [3.63, 3.8) is 0 Å². The highest BCUT2D eigenvalue weighted by molar-refractivity contribution is 7.90. The van der Waals surface area contributed by atoms with Crippen molar-refractivity contribution in [2.45, 2.75) is 56.8 Å². The molecule has 2 aromatic carbocycles. The largest absolute Gasteiger partial charge is 0.376 e. The fraction of sp³-hybridized carbons (Fsp3) is 0.407. The molecule has 1 amide bonds. The first kappa shape index (κ1) is 25.1. The highest BCUT2D eigenvalue weighted by Crippen LogP contribution is 2.22. The van der Waals surface area contributed by atoms with E-state index in [0.717, 1.165) is 18.4 Å². The van der Waals surface area contributed by atoms with Gasteiger partial charge in [0.05, 0.1) is 36.8 Å². The van der Waals surface area contributed by atoms with E-state index in [-0.39, 0.29) is 35.4 Å². The van der Waals surface area contributed by atoms with Gasteiger partial charge in [0.2, 0.25) is 20.9 Å². The zero-order valence-electron chi connectivity index (χ0n) is 20.3. The van der Waals surface area contributed by atoms with Gasteiger partial charge in [-0.25, -0.2) is 13.4 Å². The second-order valence-corrected chi connectivity index (χ2v) is 11.2. The van der Waals surface area contributed by atoms with Crippen molar-refractivity contribution < 1.29 is 17.9 Å². The van der Waals surface area contributed by atoms with Crippen LogP contribution in [-0.2, 0) is 38.2 Å². The van der Waals surface area contributed by atoms with Crippen molar-refractivity contribution in [1.29, 1.82) is 0 Å². The number of carbonyl (C=O) groups excluding carboxylic acids is 1. The summed E-state index contributed by atoms with van der Waals surface area (Å²) in [5.74, 6) is -0.297. The van der Waals surface area contributed by atoms with E-state index < -0.39 is 9.84 Å². The fourth-order valence-corrected chi connectivity index (χ4v) is 5.88. The third-order valence-electron chi connectivity index (χ3n) is 6.17. The topological polar surface area (TPSA) is 81.5 Å². The normalized spacial score (nSPS) is 16.0. The van der Waals surface area contributed by atoms with Crippen LogP contribution in [0.1, 0.15) is 43.5 Å². The van der Waals surface area contributed by atoms with E-state index >= 15 is 0 Å². The van der Waals surface area contributed by atoms with Crippen molar-refractivity contribution in [3.05, 3.63) is 83.7 Å². The summed E-state index contributed by atoms with van der Waals surface area (Å²) in [5, 5.41) is 0.0225. The second-order valence-electron chi connectivity index (χ2n) is 9.36. The number of benzene rings is 2. The maximum atomic E-state index is 13.4. The van der Waals surface area contributed by atoms with Crippen LogP contribution in [0.25, 0.3) is 0 Å². The molecule has 0 spiro atoms. The number of nitrogens with zero attached hydrogens (tertiary/aromatic N) is 3. The number of amides is 1. The summed E-state index contributed by atoms with van der Waals surface area (Å²) in [5.41, 5.74) is 2.36. The van der Waals surface area contributed by atoms with Crippen LogP contribution in [0, 0.1) is 5.92 Å². The summed E-state index contributed by atoms with van der Waals surface area (Å²) in [7, 11) is -3.71. The molecule has 0 aliphatic carbocycles. The molecule has 3 aromatic rings. The van der Waals surface area contributed by atoms with E-state index in [0.29, 0.717) is 31.0 Å². The molecule has 186 valence electrons. The molecule has 0 saturated carbocycles. The van der Waals surface area contributed by atoms with Crippen LogP contribution in [0.15, 0.2) is 72.0 Å². The van der Waals surface area contributed by atoms with Crippen LogP contribution in [0.3, 0.4) is 0 Å². The Kier molecular flexibility index (Phi) is 8.03. The number of hydrogen-bond donors (Lipinski definition) is 0. The minimum atomic E-state index is -3.71. The van der Waals surface area contributed by atoms with Gasteiger partial charge in [-0.3, -0.25) is 4.79 Å². The third-order valence-corrected chi connectivity index (χ3v) is 7.76. The van der Waals surface area contributed by atoms with Crippen LogP contribution >= 0.6 is 0 Å². The van der Waals surface area contributed by atoms with Gasteiger partial charge in [-0.05, 0) is 24.0 Å². The maximum absolute atomic E-state index is 13.4. The molecule has 1 saturated heterocycles. The molecule has 0 radical (unpaired) electrons. The van der Waals surface area contributed by atoms with Crippen molar-refractivity contribution in [1.82, 2.24) is 14.5 Å². The molecule has 1 aliphatic rings. The number of rotatable bonds is 10. The lowest BCUT2D eigenvalue weighted by Gasteiger charge is -2.27. The molecule has 0 N–H and O–H groups in total. The van der Waals surface area contributed by atoms with Gasteiger partial charge in [0.1, 0.15) is 0 Å². The van der Waals surface area contributed by atoms with Crippen LogP contribution in [0.2, 0.25) is 0 Å². The lowest BCUT2D eigenvalue weighted by atomic mass is 10.1. The second kappa shape index (κ2) is 11.2. The van der Waals surface area contributed by atoms with Crippen molar-refractivity contribution in [3.8, 4) is 0 Å². The van der Waals surface area contributed by atoms with Gasteiger partial charge in [0.15, 0.2) is 0 Å². The summed E-state index contributed by atoms with van der Waals surface area (Å²) < 4.78 is 34.4. The monoisotopic (exact) mass is 495 g/mol. The number of sulfone groups is 1. The molecule has 1 aromatic heterocycles. The molecule has 35 heavy (non-hydrogen) atoms. The quantitative estimate of drug-likeness (QED) is 0.424. The minimum Gasteiger partial charge on any atom is -0.376 e. The molecule has 1 aliphatic heterocycles. The first-order valence-electron chi connectivity index (χ1n) is 12.1. The number of aromatic nitrogens is 2. The number of imidazole rings is 1. The van der Waals surface area contributed by atoms with Gasteiger partial charge in [-0.1, -0.05) is 74.5 Å². The Hall–Kier alpha value is -2.97. The average Bonchev–Trinajstić information content (AvgIpc) is 3.50. The Morgan fingerprint density at radius 2 is 1.74 bits per heavy atom. The first-order valence-corrected chi connectivity index (χ1v) is 13.7. The highest BCUT2D eigenvalue weighted by atomic mass is 32.2. The Morgan fingerprint density at radius 1 is 1.09 bits per heavy atom. The molecule has 1 fully saturated rings. The Morgan fingerprint density at radius 3 is 2.34 bits per heavy atom. The van der Waals surface area contributed by atoms with Gasteiger partial charge < -0.3 is 14.2 Å². The molecule has 1 atom stereocenters. The van der Waals surface area contributed by atoms with Crippen LogP contribution in [0.5, 0.6) is 0 Å². The smallest absolute Gasteiger partial charge is 0.228 e. The number of ether oxygens (including phenoxy) is 1. The van der Waals surface area contributed by atoms with Crippen LogP contribution in [0.4, 0.5) is 0 Å². The van der Waals surface area contributed by atoms with Crippen molar-refractivity contribution in [2.75, 3.05) is 13.2 Å². The standard InChI is InChI=1S/C27H33N3O4S/c1-21(2)26(31)29(19-25-14-9-15-34-25)18-24-16-28-27(30(24)17-22-10-5-3-6-11-22)35(32,33)20-23-12-7-4-8-13-23/h3-8,10-13,16,21,25H,9,14-15,17-20H2,1-2H3/t25-/m1/s1. The predicted octanol–water partition coefficient (Wildman–Crippen LogP) is 4.07. The zero-order chi connectivity index (χ0) is 24.8. The molecule has 8 heteroatoms. The van der Waals surface area contributed by atoms with E-state index in [2.05, 4.69) is 4.98 Å². The zero-order valence-corrected chi connectivity index (χ0v) is 21.2. The van der Waals surface area contributed by atoms with E-state index in [1.54, 1.807) is 27.8 Å². The van der Waals surface area contributed by atoms with Gasteiger partial charge in [0, 0.05) is 19.1 Å². The Bertz CT molecular complexity index is 1220. The van der Waals surface area contributed by atoms with E-state index in [1.165, 1.54) is 0 Å². The molecular formula is C27H33N3O4S. The Balaban J connectivity index is 1.68. The summed E-state index contributed by atoms with van der Waals surface area (Å²) in [6.45, 7) is 5.58. The lowest BCUT2D eigenvalue weighted by Crippen LogP contribution is -2.39. The maximum Gasteiger partial charge on any atom is 0.228 e. The van der Waals surface area contributed by atoms with Gasteiger partial charge in [0.25, 0.3) is 0 Å². The molecule has 7 nitrogen and oxygen atoms in total. The van der Waals surface area contributed by atoms with E-state index in [9.17, 15) is 13.2 Å². The first-order chi connectivity index (χ1) is 16.8. The molecule has 0 unspecified atom stereocenters. The van der Waals surface area contributed by atoms with Gasteiger partial charge in [-0.2, -0.15) is 0 Å². The third kappa shape index (κ3) is 6.38. The SMILES string of the molecule is CC(C)C(=O)N(Cc1cnc(S(=O)(=O)Cc2ccccc2)n1Cc1ccccc1)C[C@H]1CCCO1. The number of hydrogen-bond acceptors (Lipinski definition) is 5. The van der Waals surface area contributed by atoms with Crippen molar-refractivity contribution in [2.24, 2.45) is 5.92 Å². The summed E-state index contributed by atoms with van der Waals surface area (Å²) in [4.78, 5) is 19.2. The predicted molar refractivity (Wildman–Crippen MR) is 134 cm³/mol. The number of carbonyl (C=O) groups is 1. The van der Waals surface area contributed by atoms with Crippen LogP contribution in [-0.4, -0.2) is 48.0 Å². The summed E-state index contributed by atoms with van der Waals surface area (Å²) >= 11 is 0. The average molecular weight is 496 g/mol.